The highest BCUT2D eigenvalue weighted by atomic mass is 32.2. The molecule has 0 aromatic carbocycles. The Labute approximate surface area is 114 Å². The maximum Gasteiger partial charge on any atom is 0.151 e. The highest BCUT2D eigenvalue weighted by Crippen LogP contribution is 2.25. The first-order valence-corrected chi connectivity index (χ1v) is 8.66. The van der Waals surface area contributed by atoms with Gasteiger partial charge in [-0.15, -0.1) is 0 Å². The molecule has 0 spiro atoms. The zero-order valence-electron chi connectivity index (χ0n) is 11.4. The van der Waals surface area contributed by atoms with E-state index in [1.54, 1.807) is 18.5 Å². The van der Waals surface area contributed by atoms with Gasteiger partial charge >= 0.3 is 0 Å². The van der Waals surface area contributed by atoms with Gasteiger partial charge in [0.15, 0.2) is 9.84 Å². The molecule has 0 aliphatic heterocycles. The van der Waals surface area contributed by atoms with Gasteiger partial charge in [0.1, 0.15) is 5.82 Å². The predicted octanol–water partition coefficient (Wildman–Crippen LogP) is 1.48. The van der Waals surface area contributed by atoms with Crippen LogP contribution >= 0.6 is 0 Å². The molecule has 0 bridgehead atoms. The SMILES string of the molecule is CC(N[C@@H]1CCCC[C@H]1S(C)(=O)=O)c1ncccn1. The quantitative estimate of drug-likeness (QED) is 0.906. The van der Waals surface area contributed by atoms with Crippen LogP contribution in [-0.2, 0) is 9.84 Å². The molecule has 1 aliphatic rings. The monoisotopic (exact) mass is 283 g/mol. The van der Waals surface area contributed by atoms with Crippen molar-refractivity contribution in [1.82, 2.24) is 15.3 Å². The van der Waals surface area contributed by atoms with E-state index in [4.69, 9.17) is 0 Å². The number of rotatable bonds is 4. The maximum atomic E-state index is 11.8. The number of hydrogen-bond donors (Lipinski definition) is 1. The van der Waals surface area contributed by atoms with Crippen LogP contribution in [0.1, 0.15) is 44.5 Å². The van der Waals surface area contributed by atoms with Crippen LogP contribution in [0.2, 0.25) is 0 Å². The van der Waals surface area contributed by atoms with E-state index >= 15 is 0 Å². The van der Waals surface area contributed by atoms with Gasteiger partial charge in [-0.25, -0.2) is 18.4 Å². The summed E-state index contributed by atoms with van der Waals surface area (Å²) in [6, 6.07) is 1.74. The Morgan fingerprint density at radius 2 is 1.89 bits per heavy atom. The van der Waals surface area contributed by atoms with E-state index in [1.807, 2.05) is 6.92 Å². The molecule has 0 saturated heterocycles. The molecule has 1 N–H and O–H groups in total. The molecule has 3 atom stereocenters. The van der Waals surface area contributed by atoms with Crippen LogP contribution in [0.15, 0.2) is 18.5 Å². The fourth-order valence-corrected chi connectivity index (χ4v) is 4.14. The Kier molecular flexibility index (Phi) is 4.52. The van der Waals surface area contributed by atoms with Crippen LogP contribution in [0.25, 0.3) is 0 Å². The summed E-state index contributed by atoms with van der Waals surface area (Å²) in [5, 5.41) is 3.10. The lowest BCUT2D eigenvalue weighted by atomic mass is 9.94. The molecule has 1 aliphatic carbocycles. The number of sulfone groups is 1. The first kappa shape index (κ1) is 14.4. The standard InChI is InChI=1S/C13H21N3O2S/c1-10(13-14-8-5-9-15-13)16-11-6-3-4-7-12(11)19(2,17)18/h5,8-12,16H,3-4,6-7H2,1-2H3/t10?,11-,12-/m1/s1. The molecule has 2 rings (SSSR count). The van der Waals surface area contributed by atoms with Crippen molar-refractivity contribution in [1.29, 1.82) is 0 Å². The van der Waals surface area contributed by atoms with E-state index < -0.39 is 9.84 Å². The van der Waals surface area contributed by atoms with Gasteiger partial charge in [0.05, 0.1) is 11.3 Å². The van der Waals surface area contributed by atoms with Gasteiger partial charge in [-0.2, -0.15) is 0 Å². The maximum absolute atomic E-state index is 11.8. The topological polar surface area (TPSA) is 72.0 Å². The van der Waals surface area contributed by atoms with Crippen LogP contribution in [0.5, 0.6) is 0 Å². The van der Waals surface area contributed by atoms with Crippen molar-refractivity contribution < 1.29 is 8.42 Å². The summed E-state index contributed by atoms with van der Waals surface area (Å²) in [5.41, 5.74) is 0. The van der Waals surface area contributed by atoms with Crippen molar-refractivity contribution in [3.8, 4) is 0 Å². The van der Waals surface area contributed by atoms with Crippen molar-refractivity contribution in [3.05, 3.63) is 24.3 Å². The second-order valence-electron chi connectivity index (χ2n) is 5.25. The highest BCUT2D eigenvalue weighted by molar-refractivity contribution is 7.91. The van der Waals surface area contributed by atoms with E-state index in [1.165, 1.54) is 6.26 Å². The number of nitrogens with one attached hydrogen (secondary N) is 1. The summed E-state index contributed by atoms with van der Waals surface area (Å²) < 4.78 is 23.7. The fourth-order valence-electron chi connectivity index (χ4n) is 2.73. The van der Waals surface area contributed by atoms with Crippen molar-refractivity contribution in [2.45, 2.75) is 49.9 Å². The predicted molar refractivity (Wildman–Crippen MR) is 74.5 cm³/mol. The first-order chi connectivity index (χ1) is 8.98. The van der Waals surface area contributed by atoms with Gasteiger partial charge in [0.2, 0.25) is 0 Å². The van der Waals surface area contributed by atoms with E-state index in [2.05, 4.69) is 15.3 Å². The molecule has 1 aromatic rings. The Morgan fingerprint density at radius 1 is 1.26 bits per heavy atom. The van der Waals surface area contributed by atoms with E-state index in [0.717, 1.165) is 25.7 Å². The lowest BCUT2D eigenvalue weighted by Crippen LogP contribution is -2.47. The van der Waals surface area contributed by atoms with Crippen molar-refractivity contribution in [3.63, 3.8) is 0 Å². The third-order valence-electron chi connectivity index (χ3n) is 3.69. The lowest BCUT2D eigenvalue weighted by Gasteiger charge is -2.32. The van der Waals surface area contributed by atoms with Gasteiger partial charge in [-0.3, -0.25) is 0 Å². The third-order valence-corrected chi connectivity index (χ3v) is 5.35. The summed E-state index contributed by atoms with van der Waals surface area (Å²) in [6.45, 7) is 1.98. The van der Waals surface area contributed by atoms with Crippen LogP contribution in [0, 0.1) is 0 Å². The highest BCUT2D eigenvalue weighted by Gasteiger charge is 2.33. The molecule has 19 heavy (non-hydrogen) atoms. The molecule has 106 valence electrons. The summed E-state index contributed by atoms with van der Waals surface area (Å²) in [7, 11) is -3.01. The summed E-state index contributed by atoms with van der Waals surface area (Å²) in [5.74, 6) is 0.709. The fraction of sp³-hybridized carbons (Fsp3) is 0.692. The molecule has 0 radical (unpaired) electrons. The Balaban J connectivity index is 2.08. The first-order valence-electron chi connectivity index (χ1n) is 6.70. The minimum Gasteiger partial charge on any atom is -0.303 e. The van der Waals surface area contributed by atoms with Crippen LogP contribution in [0.4, 0.5) is 0 Å². The third kappa shape index (κ3) is 3.73. The molecule has 0 amide bonds. The largest absolute Gasteiger partial charge is 0.303 e. The molecular weight excluding hydrogens is 262 g/mol. The summed E-state index contributed by atoms with van der Waals surface area (Å²) in [6.07, 6.45) is 8.46. The normalized spacial score (nSPS) is 26.0. The second-order valence-corrected chi connectivity index (χ2v) is 7.52. The van der Waals surface area contributed by atoms with E-state index in [-0.39, 0.29) is 17.3 Å². The summed E-state index contributed by atoms with van der Waals surface area (Å²) in [4.78, 5) is 8.42. The Hall–Kier alpha value is -1.01. The molecule has 1 fully saturated rings. The zero-order chi connectivity index (χ0) is 13.9. The zero-order valence-corrected chi connectivity index (χ0v) is 12.2. The molecule has 5 nitrogen and oxygen atoms in total. The molecule has 1 aromatic heterocycles. The molecule has 1 unspecified atom stereocenters. The second kappa shape index (κ2) is 5.96. The van der Waals surface area contributed by atoms with E-state index in [9.17, 15) is 8.42 Å². The van der Waals surface area contributed by atoms with Gasteiger partial charge in [0.25, 0.3) is 0 Å². The molecule has 1 saturated carbocycles. The average Bonchev–Trinajstić information content (AvgIpc) is 2.39. The number of nitrogens with zero attached hydrogens (tertiary/aromatic N) is 2. The van der Waals surface area contributed by atoms with Gasteiger partial charge in [-0.1, -0.05) is 12.8 Å². The van der Waals surface area contributed by atoms with Crippen LogP contribution in [0.3, 0.4) is 0 Å². The lowest BCUT2D eigenvalue weighted by molar-refractivity contribution is 0.341. The van der Waals surface area contributed by atoms with Gasteiger partial charge < -0.3 is 5.32 Å². The average molecular weight is 283 g/mol. The van der Waals surface area contributed by atoms with Crippen molar-refractivity contribution in [2.24, 2.45) is 0 Å². The Bertz CT molecular complexity index is 504. The molecule has 6 heteroatoms. The molecular formula is C13H21N3O2S. The van der Waals surface area contributed by atoms with Crippen molar-refractivity contribution in [2.75, 3.05) is 6.26 Å². The van der Waals surface area contributed by atoms with Gasteiger partial charge in [0, 0.05) is 24.7 Å². The van der Waals surface area contributed by atoms with Crippen LogP contribution in [-0.4, -0.2) is 35.9 Å². The number of aromatic nitrogens is 2. The van der Waals surface area contributed by atoms with E-state index in [0.29, 0.717) is 5.82 Å². The van der Waals surface area contributed by atoms with Crippen LogP contribution < -0.4 is 5.32 Å². The molecule has 1 heterocycles. The number of hydrogen-bond acceptors (Lipinski definition) is 5. The minimum atomic E-state index is -3.01. The summed E-state index contributed by atoms with van der Waals surface area (Å²) >= 11 is 0. The Morgan fingerprint density at radius 3 is 2.53 bits per heavy atom. The van der Waals surface area contributed by atoms with Gasteiger partial charge in [-0.05, 0) is 25.8 Å². The minimum absolute atomic E-state index is 0.00237. The smallest absolute Gasteiger partial charge is 0.151 e. The van der Waals surface area contributed by atoms with Crippen molar-refractivity contribution >= 4 is 9.84 Å².